The van der Waals surface area contributed by atoms with Gasteiger partial charge in [0, 0.05) is 5.56 Å². The molecule has 1 amide bonds. The van der Waals surface area contributed by atoms with Crippen molar-refractivity contribution in [2.45, 2.75) is 0 Å². The van der Waals surface area contributed by atoms with E-state index in [0.29, 0.717) is 41.4 Å². The van der Waals surface area contributed by atoms with Crippen LogP contribution in [0.15, 0.2) is 89.8 Å². The van der Waals surface area contributed by atoms with Crippen molar-refractivity contribution >= 4 is 46.0 Å². The van der Waals surface area contributed by atoms with Crippen LogP contribution in [0.2, 0.25) is 0 Å². The lowest BCUT2D eigenvalue weighted by Crippen LogP contribution is -2.27. The number of rotatable bonds is 10. The largest absolute Gasteiger partial charge is 0.491 e. The minimum atomic E-state index is -0.132. The van der Waals surface area contributed by atoms with Crippen molar-refractivity contribution in [3.8, 4) is 11.5 Å². The molecule has 0 N–H and O–H groups in total. The van der Waals surface area contributed by atoms with Crippen LogP contribution in [0.1, 0.15) is 5.56 Å². The maximum Gasteiger partial charge on any atom is 0.270 e. The second kappa shape index (κ2) is 11.7. The average Bonchev–Trinajstić information content (AvgIpc) is 3.13. The predicted molar refractivity (Wildman–Crippen MR) is 137 cm³/mol. The first kappa shape index (κ1) is 23.0. The molecular formula is C26H23NO4S2. The molecule has 0 unspecified atom stereocenters. The second-order valence-electron chi connectivity index (χ2n) is 7.01. The van der Waals surface area contributed by atoms with Gasteiger partial charge in [-0.1, -0.05) is 78.6 Å². The molecule has 3 aromatic carbocycles. The third kappa shape index (κ3) is 6.22. The van der Waals surface area contributed by atoms with Crippen LogP contribution in [0.3, 0.4) is 0 Å². The second-order valence-corrected chi connectivity index (χ2v) is 8.69. The highest BCUT2D eigenvalue weighted by atomic mass is 32.2. The van der Waals surface area contributed by atoms with Gasteiger partial charge in [-0.15, -0.1) is 0 Å². The summed E-state index contributed by atoms with van der Waals surface area (Å²) in [7, 11) is 0. The molecule has 0 aromatic heterocycles. The maximum absolute atomic E-state index is 13.0. The molecule has 33 heavy (non-hydrogen) atoms. The van der Waals surface area contributed by atoms with Crippen LogP contribution in [-0.4, -0.2) is 36.7 Å². The first-order valence-corrected chi connectivity index (χ1v) is 11.8. The molecule has 0 bridgehead atoms. The Bertz CT molecular complexity index is 1120. The van der Waals surface area contributed by atoms with Gasteiger partial charge in [0.1, 0.15) is 24.7 Å². The van der Waals surface area contributed by atoms with Crippen molar-refractivity contribution in [2.75, 3.05) is 31.3 Å². The summed E-state index contributed by atoms with van der Waals surface area (Å²) >= 11 is 6.74. The summed E-state index contributed by atoms with van der Waals surface area (Å²) < 4.78 is 17.6. The number of anilines is 1. The average molecular weight is 478 g/mol. The van der Waals surface area contributed by atoms with E-state index >= 15 is 0 Å². The minimum absolute atomic E-state index is 0.132. The van der Waals surface area contributed by atoms with E-state index in [0.717, 1.165) is 17.0 Å². The number of carbonyl (C=O) groups excluding carboxylic acids is 1. The fourth-order valence-corrected chi connectivity index (χ4v) is 4.48. The molecule has 7 heteroatoms. The molecule has 0 atom stereocenters. The van der Waals surface area contributed by atoms with Crippen LogP contribution in [-0.2, 0) is 9.53 Å². The Labute approximate surface area is 203 Å². The highest BCUT2D eigenvalue weighted by Gasteiger charge is 2.33. The molecule has 1 aliphatic rings. The first-order valence-electron chi connectivity index (χ1n) is 10.5. The van der Waals surface area contributed by atoms with Gasteiger partial charge in [-0.2, -0.15) is 0 Å². The zero-order valence-corrected chi connectivity index (χ0v) is 19.5. The van der Waals surface area contributed by atoms with Gasteiger partial charge in [0.2, 0.25) is 0 Å². The molecule has 0 radical (unpaired) electrons. The monoisotopic (exact) mass is 477 g/mol. The van der Waals surface area contributed by atoms with Gasteiger partial charge < -0.3 is 14.2 Å². The van der Waals surface area contributed by atoms with Crippen molar-refractivity contribution in [1.82, 2.24) is 0 Å². The molecule has 1 saturated heterocycles. The Hall–Kier alpha value is -3.13. The van der Waals surface area contributed by atoms with E-state index < -0.39 is 0 Å². The fraction of sp³-hybridized carbons (Fsp3) is 0.154. The SMILES string of the molecule is O=C1C(=Cc2ccccc2OCCOCCOc2ccccc2)SC(=S)N1c1ccccc1. The van der Waals surface area contributed by atoms with Crippen molar-refractivity contribution in [1.29, 1.82) is 0 Å². The van der Waals surface area contributed by atoms with E-state index in [2.05, 4.69) is 0 Å². The van der Waals surface area contributed by atoms with Crippen LogP contribution in [0, 0.1) is 0 Å². The number of thioether (sulfide) groups is 1. The number of hydrogen-bond donors (Lipinski definition) is 0. The summed E-state index contributed by atoms with van der Waals surface area (Å²) in [5.41, 5.74) is 1.58. The quantitative estimate of drug-likeness (QED) is 0.216. The highest BCUT2D eigenvalue weighted by Crippen LogP contribution is 2.37. The molecule has 168 valence electrons. The topological polar surface area (TPSA) is 48.0 Å². The molecule has 0 aliphatic carbocycles. The summed E-state index contributed by atoms with van der Waals surface area (Å²) in [6.07, 6.45) is 1.83. The zero-order valence-electron chi connectivity index (χ0n) is 17.9. The molecule has 1 aliphatic heterocycles. The Kier molecular flexibility index (Phi) is 8.14. The van der Waals surface area contributed by atoms with Gasteiger partial charge in [-0.05, 0) is 36.4 Å². The van der Waals surface area contributed by atoms with E-state index in [9.17, 15) is 4.79 Å². The van der Waals surface area contributed by atoms with Gasteiger partial charge in [0.25, 0.3) is 5.91 Å². The predicted octanol–water partition coefficient (Wildman–Crippen LogP) is 5.57. The number of hydrogen-bond acceptors (Lipinski definition) is 6. The Balaban J connectivity index is 1.30. The number of para-hydroxylation sites is 3. The van der Waals surface area contributed by atoms with E-state index in [1.165, 1.54) is 11.8 Å². The zero-order chi connectivity index (χ0) is 22.9. The standard InChI is InChI=1S/C26H23NO4S2/c28-25-24(33-26(32)27(25)21-10-3-1-4-11-21)19-20-9-7-8-14-23(20)31-18-16-29-15-17-30-22-12-5-2-6-13-22/h1-14,19H,15-18H2. The molecule has 3 aromatic rings. The summed E-state index contributed by atoms with van der Waals surface area (Å²) in [6.45, 7) is 1.77. The van der Waals surface area contributed by atoms with Gasteiger partial charge in [0.15, 0.2) is 4.32 Å². The van der Waals surface area contributed by atoms with Crippen LogP contribution in [0.5, 0.6) is 11.5 Å². The number of amides is 1. The van der Waals surface area contributed by atoms with Gasteiger partial charge in [-0.25, -0.2) is 0 Å². The lowest BCUT2D eigenvalue weighted by atomic mass is 10.2. The molecular weight excluding hydrogens is 454 g/mol. The van der Waals surface area contributed by atoms with Crippen LogP contribution in [0.4, 0.5) is 5.69 Å². The first-order chi connectivity index (χ1) is 16.2. The Morgan fingerprint density at radius 1 is 0.788 bits per heavy atom. The lowest BCUT2D eigenvalue weighted by molar-refractivity contribution is -0.113. The maximum atomic E-state index is 13.0. The van der Waals surface area contributed by atoms with Crippen LogP contribution < -0.4 is 14.4 Å². The van der Waals surface area contributed by atoms with E-state index in [1.54, 1.807) is 4.90 Å². The fourth-order valence-electron chi connectivity index (χ4n) is 3.19. The van der Waals surface area contributed by atoms with E-state index in [-0.39, 0.29) is 5.91 Å². The van der Waals surface area contributed by atoms with Crippen LogP contribution in [0.25, 0.3) is 6.08 Å². The number of nitrogens with zero attached hydrogens (tertiary/aromatic N) is 1. The Morgan fingerprint density at radius 3 is 2.18 bits per heavy atom. The highest BCUT2D eigenvalue weighted by molar-refractivity contribution is 8.27. The number of ether oxygens (including phenoxy) is 3. The van der Waals surface area contributed by atoms with Crippen molar-refractivity contribution in [3.63, 3.8) is 0 Å². The van der Waals surface area contributed by atoms with Gasteiger partial charge in [0.05, 0.1) is 23.8 Å². The third-order valence-corrected chi connectivity index (χ3v) is 6.04. The Morgan fingerprint density at radius 2 is 1.42 bits per heavy atom. The summed E-state index contributed by atoms with van der Waals surface area (Å²) in [5, 5.41) is 0. The van der Waals surface area contributed by atoms with Crippen LogP contribution >= 0.6 is 24.0 Å². The third-order valence-electron chi connectivity index (χ3n) is 4.74. The van der Waals surface area contributed by atoms with Crippen molar-refractivity contribution in [2.24, 2.45) is 0 Å². The lowest BCUT2D eigenvalue weighted by Gasteiger charge is -2.14. The summed E-state index contributed by atoms with van der Waals surface area (Å²) in [6, 6.07) is 26.7. The summed E-state index contributed by atoms with van der Waals surface area (Å²) in [5.74, 6) is 1.38. The normalized spacial score (nSPS) is 14.7. The molecule has 0 saturated carbocycles. The number of benzene rings is 3. The van der Waals surface area contributed by atoms with Crippen molar-refractivity contribution < 1.29 is 19.0 Å². The van der Waals surface area contributed by atoms with Crippen molar-refractivity contribution in [3.05, 3.63) is 95.4 Å². The molecule has 5 nitrogen and oxygen atoms in total. The van der Waals surface area contributed by atoms with Gasteiger partial charge in [-0.3, -0.25) is 9.69 Å². The molecule has 1 heterocycles. The number of carbonyl (C=O) groups is 1. The molecule has 4 rings (SSSR count). The molecule has 1 fully saturated rings. The molecule has 0 spiro atoms. The smallest absolute Gasteiger partial charge is 0.270 e. The van der Waals surface area contributed by atoms with E-state index in [4.69, 9.17) is 26.4 Å². The van der Waals surface area contributed by atoms with Gasteiger partial charge >= 0.3 is 0 Å². The number of thiocarbonyl (C=S) groups is 1. The minimum Gasteiger partial charge on any atom is -0.491 e. The summed E-state index contributed by atoms with van der Waals surface area (Å²) in [4.78, 5) is 15.1. The van der Waals surface area contributed by atoms with E-state index in [1.807, 2.05) is 91.0 Å².